The van der Waals surface area contributed by atoms with Gasteiger partial charge in [-0.05, 0) is 50.5 Å². The molecule has 0 amide bonds. The van der Waals surface area contributed by atoms with Crippen LogP contribution in [0.1, 0.15) is 82.9 Å². The van der Waals surface area contributed by atoms with Crippen LogP contribution in [0.25, 0.3) is 0 Å². The molecule has 1 heterocycles. The molecule has 0 unspecified atom stereocenters. The molecule has 1 aromatic heterocycles. The molecule has 2 fully saturated rings. The Morgan fingerprint density at radius 1 is 1.24 bits per heavy atom. The van der Waals surface area contributed by atoms with Gasteiger partial charge in [-0.2, -0.15) is 5.10 Å². The number of nitrogens with zero attached hydrogens (tertiary/aromatic N) is 2. The van der Waals surface area contributed by atoms with E-state index in [9.17, 15) is 0 Å². The second kappa shape index (κ2) is 6.51. The minimum atomic E-state index is -0.000892. The molecule has 3 rings (SSSR count). The van der Waals surface area contributed by atoms with E-state index in [1.165, 1.54) is 69.9 Å². The van der Waals surface area contributed by atoms with Crippen molar-refractivity contribution in [3.05, 3.63) is 18.0 Å². The van der Waals surface area contributed by atoms with Crippen LogP contribution in [0.3, 0.4) is 0 Å². The van der Waals surface area contributed by atoms with Crippen LogP contribution in [0.4, 0.5) is 0 Å². The molecule has 2 aliphatic rings. The summed E-state index contributed by atoms with van der Waals surface area (Å²) in [4.78, 5) is 0. The van der Waals surface area contributed by atoms with Gasteiger partial charge in [0, 0.05) is 18.2 Å². The zero-order valence-electron chi connectivity index (χ0n) is 13.6. The maximum Gasteiger partial charge on any atom is 0.0643 e. The number of rotatable bonds is 5. The Bertz CT molecular complexity index is 437. The first kappa shape index (κ1) is 15.1. The topological polar surface area (TPSA) is 43.8 Å². The molecule has 3 heteroatoms. The van der Waals surface area contributed by atoms with Crippen LogP contribution in [0, 0.1) is 5.92 Å². The zero-order valence-corrected chi connectivity index (χ0v) is 13.6. The molecule has 2 N–H and O–H groups in total. The molecule has 1 aromatic rings. The highest BCUT2D eigenvalue weighted by Gasteiger charge is 2.32. The summed E-state index contributed by atoms with van der Waals surface area (Å²) >= 11 is 0. The SMILES string of the molecule is CCCC1CCC(N)(Cc2ccn(C3CCCC3)n2)CC1. The van der Waals surface area contributed by atoms with Crippen molar-refractivity contribution in [2.75, 3.05) is 0 Å². The summed E-state index contributed by atoms with van der Waals surface area (Å²) < 4.78 is 2.20. The fourth-order valence-corrected chi connectivity index (χ4v) is 4.33. The third-order valence-corrected chi connectivity index (χ3v) is 5.69. The van der Waals surface area contributed by atoms with Gasteiger partial charge < -0.3 is 5.73 Å². The van der Waals surface area contributed by atoms with Crippen molar-refractivity contribution in [1.29, 1.82) is 0 Å². The lowest BCUT2D eigenvalue weighted by Crippen LogP contribution is -2.45. The Kier molecular flexibility index (Phi) is 4.68. The highest BCUT2D eigenvalue weighted by molar-refractivity contribution is 5.07. The normalized spacial score (nSPS) is 30.9. The van der Waals surface area contributed by atoms with Crippen molar-refractivity contribution in [2.24, 2.45) is 11.7 Å². The van der Waals surface area contributed by atoms with E-state index < -0.39 is 0 Å². The second-order valence-electron chi connectivity index (χ2n) is 7.50. The number of aromatic nitrogens is 2. The number of hydrogen-bond donors (Lipinski definition) is 1. The zero-order chi connectivity index (χ0) is 14.7. The van der Waals surface area contributed by atoms with Crippen molar-refractivity contribution in [2.45, 2.75) is 89.1 Å². The van der Waals surface area contributed by atoms with Crippen LogP contribution < -0.4 is 5.73 Å². The number of hydrogen-bond acceptors (Lipinski definition) is 2. The summed E-state index contributed by atoms with van der Waals surface area (Å²) in [6, 6.07) is 2.85. The van der Waals surface area contributed by atoms with Gasteiger partial charge in [-0.3, -0.25) is 4.68 Å². The van der Waals surface area contributed by atoms with E-state index in [1.807, 2.05) is 0 Å². The molecule has 3 nitrogen and oxygen atoms in total. The third kappa shape index (κ3) is 3.68. The van der Waals surface area contributed by atoms with E-state index >= 15 is 0 Å². The lowest BCUT2D eigenvalue weighted by atomic mass is 9.74. The fraction of sp³-hybridized carbons (Fsp3) is 0.833. The summed E-state index contributed by atoms with van der Waals surface area (Å²) in [5.41, 5.74) is 7.87. The fourth-order valence-electron chi connectivity index (χ4n) is 4.33. The molecular formula is C18H31N3. The quantitative estimate of drug-likeness (QED) is 0.881. The van der Waals surface area contributed by atoms with Gasteiger partial charge in [0.1, 0.15) is 0 Å². The van der Waals surface area contributed by atoms with Gasteiger partial charge in [0.2, 0.25) is 0 Å². The van der Waals surface area contributed by atoms with Gasteiger partial charge >= 0.3 is 0 Å². The van der Waals surface area contributed by atoms with Crippen LogP contribution in [0.15, 0.2) is 12.3 Å². The Hall–Kier alpha value is -0.830. The molecule has 0 aromatic carbocycles. The van der Waals surface area contributed by atoms with E-state index in [0.29, 0.717) is 6.04 Å². The van der Waals surface area contributed by atoms with Gasteiger partial charge in [0.05, 0.1) is 11.7 Å². The van der Waals surface area contributed by atoms with Crippen LogP contribution in [0.2, 0.25) is 0 Å². The monoisotopic (exact) mass is 289 g/mol. The van der Waals surface area contributed by atoms with Crippen LogP contribution >= 0.6 is 0 Å². The van der Waals surface area contributed by atoms with Gasteiger partial charge in [-0.15, -0.1) is 0 Å². The van der Waals surface area contributed by atoms with E-state index in [1.54, 1.807) is 0 Å². The molecule has 0 atom stereocenters. The van der Waals surface area contributed by atoms with Crippen LogP contribution in [0.5, 0.6) is 0 Å². The highest BCUT2D eigenvalue weighted by atomic mass is 15.3. The minimum absolute atomic E-state index is 0.000892. The first-order valence-corrected chi connectivity index (χ1v) is 9.01. The second-order valence-corrected chi connectivity index (χ2v) is 7.50. The van der Waals surface area contributed by atoms with Crippen molar-refractivity contribution >= 4 is 0 Å². The lowest BCUT2D eigenvalue weighted by Gasteiger charge is -2.37. The largest absolute Gasteiger partial charge is 0.325 e. The maximum atomic E-state index is 6.66. The van der Waals surface area contributed by atoms with Crippen molar-refractivity contribution in [1.82, 2.24) is 9.78 Å². The predicted molar refractivity (Wildman–Crippen MR) is 87.2 cm³/mol. The average molecular weight is 289 g/mol. The Balaban J connectivity index is 1.56. The molecule has 21 heavy (non-hydrogen) atoms. The molecule has 118 valence electrons. The van der Waals surface area contributed by atoms with Crippen molar-refractivity contribution < 1.29 is 0 Å². The number of nitrogens with two attached hydrogens (primary N) is 1. The van der Waals surface area contributed by atoms with Crippen molar-refractivity contribution in [3.63, 3.8) is 0 Å². The van der Waals surface area contributed by atoms with Gasteiger partial charge in [0.25, 0.3) is 0 Å². The van der Waals surface area contributed by atoms with E-state index in [2.05, 4.69) is 23.9 Å². The standard InChI is InChI=1S/C18H31N3/c1-2-5-15-8-11-18(19,12-9-15)14-16-10-13-21(20-16)17-6-3-4-7-17/h10,13,15,17H,2-9,11-12,14,19H2,1H3. The molecule has 2 aliphatic carbocycles. The minimum Gasteiger partial charge on any atom is -0.325 e. The molecule has 0 radical (unpaired) electrons. The average Bonchev–Trinajstić information content (AvgIpc) is 3.12. The highest BCUT2D eigenvalue weighted by Crippen LogP contribution is 2.35. The molecule has 0 spiro atoms. The summed E-state index contributed by atoms with van der Waals surface area (Å²) in [7, 11) is 0. The molecule has 0 aliphatic heterocycles. The van der Waals surface area contributed by atoms with Crippen molar-refractivity contribution in [3.8, 4) is 0 Å². The van der Waals surface area contributed by atoms with Crippen LogP contribution in [-0.4, -0.2) is 15.3 Å². The Morgan fingerprint density at radius 3 is 2.62 bits per heavy atom. The van der Waals surface area contributed by atoms with E-state index in [4.69, 9.17) is 10.8 Å². The Labute approximate surface area is 129 Å². The van der Waals surface area contributed by atoms with E-state index in [-0.39, 0.29) is 5.54 Å². The molecule has 0 saturated heterocycles. The maximum absolute atomic E-state index is 6.66. The third-order valence-electron chi connectivity index (χ3n) is 5.69. The smallest absolute Gasteiger partial charge is 0.0643 e. The molecule has 2 saturated carbocycles. The van der Waals surface area contributed by atoms with E-state index in [0.717, 1.165) is 12.3 Å². The summed E-state index contributed by atoms with van der Waals surface area (Å²) in [6.45, 7) is 2.29. The summed E-state index contributed by atoms with van der Waals surface area (Å²) in [6.07, 6.45) is 16.1. The van der Waals surface area contributed by atoms with Gasteiger partial charge in [-0.25, -0.2) is 0 Å². The van der Waals surface area contributed by atoms with Gasteiger partial charge in [-0.1, -0.05) is 32.6 Å². The predicted octanol–water partition coefficient (Wildman–Crippen LogP) is 4.23. The molecular weight excluding hydrogens is 258 g/mol. The Morgan fingerprint density at radius 2 is 1.95 bits per heavy atom. The first-order valence-electron chi connectivity index (χ1n) is 9.01. The lowest BCUT2D eigenvalue weighted by molar-refractivity contribution is 0.221. The summed E-state index contributed by atoms with van der Waals surface area (Å²) in [5, 5.41) is 4.82. The van der Waals surface area contributed by atoms with Gasteiger partial charge in [0.15, 0.2) is 0 Å². The summed E-state index contributed by atoms with van der Waals surface area (Å²) in [5.74, 6) is 0.919. The van der Waals surface area contributed by atoms with Crippen LogP contribution in [-0.2, 0) is 6.42 Å². The first-order chi connectivity index (χ1) is 10.2. The molecule has 0 bridgehead atoms.